The fraction of sp³-hybridized carbons (Fsp3) is 0.281. The molecular formula is C32H34N4O4S. The topological polar surface area (TPSA) is 87.5 Å². The van der Waals surface area contributed by atoms with Crippen LogP contribution in [0.3, 0.4) is 0 Å². The summed E-state index contributed by atoms with van der Waals surface area (Å²) in [6.07, 6.45) is 1.00. The average Bonchev–Trinajstić information content (AvgIpc) is 3.40. The number of aryl methyl sites for hydroxylation is 1. The standard InChI is InChI=1S/C32H34N4O4S/c1-5-17-41-32-34-31-33-22(3)28(30(37)40-19-23-12-7-6-8-13-23)29(36(31)35-32)24-15-16-26(27(18-24)38-4)39-20-25-14-10-9-11-21(25)2/h6-16,18,29H,5,17,19-20H2,1-4H3,(H,33,34,35). The van der Waals surface area contributed by atoms with E-state index in [9.17, 15) is 4.79 Å². The molecule has 0 saturated heterocycles. The molecule has 0 aliphatic carbocycles. The maximum atomic E-state index is 13.6. The van der Waals surface area contributed by atoms with Gasteiger partial charge in [-0.15, -0.1) is 5.10 Å². The first-order valence-corrected chi connectivity index (χ1v) is 14.6. The molecule has 9 heteroatoms. The summed E-state index contributed by atoms with van der Waals surface area (Å²) in [7, 11) is 1.61. The van der Waals surface area contributed by atoms with Gasteiger partial charge in [0.15, 0.2) is 11.5 Å². The van der Waals surface area contributed by atoms with Crippen molar-refractivity contribution in [3.63, 3.8) is 0 Å². The second-order valence-corrected chi connectivity index (χ2v) is 10.8. The molecular weight excluding hydrogens is 536 g/mol. The average molecular weight is 571 g/mol. The number of allylic oxidation sites excluding steroid dienone is 1. The smallest absolute Gasteiger partial charge is 0.338 e. The number of anilines is 1. The van der Waals surface area contributed by atoms with Gasteiger partial charge in [0.2, 0.25) is 11.1 Å². The molecule has 1 N–H and O–H groups in total. The largest absolute Gasteiger partial charge is 0.493 e. The van der Waals surface area contributed by atoms with E-state index in [1.807, 2.05) is 73.7 Å². The third kappa shape index (κ3) is 6.41. The summed E-state index contributed by atoms with van der Waals surface area (Å²) in [5.41, 5.74) is 5.10. The highest BCUT2D eigenvalue weighted by Crippen LogP contribution is 2.40. The summed E-state index contributed by atoms with van der Waals surface area (Å²) in [5.74, 6) is 2.22. The number of hydrogen-bond donors (Lipinski definition) is 1. The van der Waals surface area contributed by atoms with E-state index < -0.39 is 12.0 Å². The van der Waals surface area contributed by atoms with Crippen molar-refractivity contribution in [1.29, 1.82) is 0 Å². The van der Waals surface area contributed by atoms with Crippen LogP contribution in [0, 0.1) is 6.92 Å². The van der Waals surface area contributed by atoms with Gasteiger partial charge in [0.05, 0.1) is 12.7 Å². The number of ether oxygens (including phenoxy) is 3. The van der Waals surface area contributed by atoms with Crippen molar-refractivity contribution in [2.45, 2.75) is 51.6 Å². The second-order valence-electron chi connectivity index (χ2n) is 9.76. The lowest BCUT2D eigenvalue weighted by Gasteiger charge is -2.28. The summed E-state index contributed by atoms with van der Waals surface area (Å²) in [6.45, 7) is 6.62. The predicted octanol–water partition coefficient (Wildman–Crippen LogP) is 6.71. The van der Waals surface area contributed by atoms with E-state index in [2.05, 4.69) is 25.2 Å². The number of benzene rings is 3. The van der Waals surface area contributed by atoms with E-state index in [0.29, 0.717) is 40.5 Å². The molecule has 0 amide bonds. The molecule has 212 valence electrons. The maximum Gasteiger partial charge on any atom is 0.338 e. The van der Waals surface area contributed by atoms with Crippen LogP contribution in [0.15, 0.2) is 89.2 Å². The van der Waals surface area contributed by atoms with Crippen LogP contribution in [-0.2, 0) is 22.7 Å². The number of thioether (sulfide) groups is 1. The quantitative estimate of drug-likeness (QED) is 0.157. The van der Waals surface area contributed by atoms with Crippen molar-refractivity contribution in [1.82, 2.24) is 14.8 Å². The van der Waals surface area contributed by atoms with Crippen molar-refractivity contribution in [2.75, 3.05) is 18.2 Å². The predicted molar refractivity (Wildman–Crippen MR) is 160 cm³/mol. The van der Waals surface area contributed by atoms with Gasteiger partial charge in [0.25, 0.3) is 0 Å². The van der Waals surface area contributed by atoms with Gasteiger partial charge in [-0.3, -0.25) is 0 Å². The van der Waals surface area contributed by atoms with Crippen LogP contribution in [0.2, 0.25) is 0 Å². The minimum absolute atomic E-state index is 0.167. The Hall–Kier alpha value is -4.24. The molecule has 1 aliphatic heterocycles. The minimum atomic E-state index is -0.572. The van der Waals surface area contributed by atoms with Gasteiger partial charge in [-0.05, 0) is 54.7 Å². The van der Waals surface area contributed by atoms with Crippen molar-refractivity contribution in [3.05, 3.63) is 106 Å². The Morgan fingerprint density at radius 1 is 1.00 bits per heavy atom. The van der Waals surface area contributed by atoms with E-state index in [-0.39, 0.29) is 6.61 Å². The normalized spacial score (nSPS) is 14.3. The number of esters is 1. The summed E-state index contributed by atoms with van der Waals surface area (Å²) >= 11 is 1.58. The van der Waals surface area contributed by atoms with Gasteiger partial charge in [-0.1, -0.05) is 79.3 Å². The second kappa shape index (κ2) is 13.0. The van der Waals surface area contributed by atoms with Crippen LogP contribution in [0.25, 0.3) is 0 Å². The molecule has 1 unspecified atom stereocenters. The molecule has 3 aromatic carbocycles. The summed E-state index contributed by atoms with van der Waals surface area (Å²) in [4.78, 5) is 18.3. The Kier molecular flexibility index (Phi) is 8.94. The minimum Gasteiger partial charge on any atom is -0.493 e. The molecule has 8 nitrogen and oxygen atoms in total. The van der Waals surface area contributed by atoms with E-state index in [4.69, 9.17) is 24.3 Å². The van der Waals surface area contributed by atoms with Crippen molar-refractivity contribution < 1.29 is 19.0 Å². The van der Waals surface area contributed by atoms with Gasteiger partial charge < -0.3 is 19.5 Å². The third-order valence-corrected chi connectivity index (χ3v) is 7.89. The molecule has 2 heterocycles. The zero-order chi connectivity index (χ0) is 28.8. The van der Waals surface area contributed by atoms with Crippen LogP contribution in [0.5, 0.6) is 11.5 Å². The lowest BCUT2D eigenvalue weighted by Crippen LogP contribution is -2.29. The van der Waals surface area contributed by atoms with Crippen LogP contribution < -0.4 is 14.8 Å². The number of nitrogens with one attached hydrogen (secondary N) is 1. The Labute approximate surface area is 244 Å². The number of carbonyl (C=O) groups is 1. The molecule has 0 radical (unpaired) electrons. The molecule has 0 spiro atoms. The zero-order valence-electron chi connectivity index (χ0n) is 23.7. The first-order chi connectivity index (χ1) is 20.0. The molecule has 0 fully saturated rings. The number of hydrogen-bond acceptors (Lipinski definition) is 8. The number of nitrogens with zero attached hydrogens (tertiary/aromatic N) is 3. The zero-order valence-corrected chi connectivity index (χ0v) is 24.5. The molecule has 41 heavy (non-hydrogen) atoms. The monoisotopic (exact) mass is 570 g/mol. The Morgan fingerprint density at radius 3 is 2.54 bits per heavy atom. The van der Waals surface area contributed by atoms with Gasteiger partial charge in [0, 0.05) is 11.4 Å². The molecule has 1 aliphatic rings. The van der Waals surface area contributed by atoms with Crippen molar-refractivity contribution in [3.8, 4) is 11.5 Å². The fourth-order valence-electron chi connectivity index (χ4n) is 4.66. The third-order valence-electron chi connectivity index (χ3n) is 6.85. The highest BCUT2D eigenvalue weighted by atomic mass is 32.2. The van der Waals surface area contributed by atoms with Crippen molar-refractivity contribution in [2.24, 2.45) is 0 Å². The summed E-state index contributed by atoms with van der Waals surface area (Å²) in [6, 6.07) is 22.9. The molecule has 1 atom stereocenters. The van der Waals surface area contributed by atoms with E-state index >= 15 is 0 Å². The first-order valence-electron chi connectivity index (χ1n) is 13.6. The van der Waals surface area contributed by atoms with E-state index in [1.54, 1.807) is 23.6 Å². The van der Waals surface area contributed by atoms with Gasteiger partial charge in [-0.2, -0.15) is 4.98 Å². The molecule has 5 rings (SSSR count). The van der Waals surface area contributed by atoms with Crippen LogP contribution in [0.4, 0.5) is 5.95 Å². The molecule has 1 aromatic heterocycles. The van der Waals surface area contributed by atoms with Crippen molar-refractivity contribution >= 4 is 23.7 Å². The number of rotatable bonds is 11. The Bertz CT molecular complexity index is 1550. The van der Waals surface area contributed by atoms with Crippen LogP contribution >= 0.6 is 11.8 Å². The lowest BCUT2D eigenvalue weighted by molar-refractivity contribution is -0.140. The number of methoxy groups -OCH3 is 1. The Balaban J connectivity index is 1.48. The number of carbonyl (C=O) groups excluding carboxylic acids is 1. The molecule has 4 aromatic rings. The van der Waals surface area contributed by atoms with E-state index in [1.165, 1.54) is 0 Å². The Morgan fingerprint density at radius 2 is 1.78 bits per heavy atom. The number of aromatic nitrogens is 3. The van der Waals surface area contributed by atoms with Gasteiger partial charge >= 0.3 is 5.97 Å². The molecule has 0 saturated carbocycles. The fourth-order valence-corrected chi connectivity index (χ4v) is 5.34. The maximum absolute atomic E-state index is 13.6. The lowest BCUT2D eigenvalue weighted by atomic mass is 9.95. The first kappa shape index (κ1) is 28.3. The number of fused-ring (bicyclic) bond motifs is 1. The van der Waals surface area contributed by atoms with Gasteiger partial charge in [-0.25, -0.2) is 9.48 Å². The van der Waals surface area contributed by atoms with Gasteiger partial charge in [0.1, 0.15) is 19.3 Å². The van der Waals surface area contributed by atoms with Crippen LogP contribution in [-0.4, -0.2) is 33.6 Å². The highest BCUT2D eigenvalue weighted by Gasteiger charge is 2.36. The van der Waals surface area contributed by atoms with Crippen LogP contribution in [0.1, 0.15) is 48.6 Å². The summed E-state index contributed by atoms with van der Waals surface area (Å²) < 4.78 is 19.5. The van der Waals surface area contributed by atoms with E-state index in [0.717, 1.165) is 34.4 Å². The SMILES string of the molecule is CCCSc1nc2n(n1)C(c1ccc(OCc3ccccc3C)c(OC)c1)C(C(=O)OCc1ccccc1)=C(C)N2. The highest BCUT2D eigenvalue weighted by molar-refractivity contribution is 7.99. The summed E-state index contributed by atoms with van der Waals surface area (Å²) in [5, 5.41) is 8.70. The molecule has 0 bridgehead atoms.